The zero-order valence-electron chi connectivity index (χ0n) is 9.74. The van der Waals surface area contributed by atoms with Crippen LogP contribution in [0.3, 0.4) is 0 Å². The predicted octanol–water partition coefficient (Wildman–Crippen LogP) is -0.714. The van der Waals surface area contributed by atoms with Crippen LogP contribution in [0.5, 0.6) is 0 Å². The first-order valence-corrected chi connectivity index (χ1v) is 7.51. The fourth-order valence-corrected chi connectivity index (χ4v) is 2.44. The van der Waals surface area contributed by atoms with Gasteiger partial charge in [0.05, 0.1) is 12.3 Å². The van der Waals surface area contributed by atoms with Crippen LogP contribution >= 0.6 is 0 Å². The number of sulfone groups is 1. The molecule has 1 N–H and O–H groups in total. The molecule has 1 aliphatic heterocycles. The predicted molar refractivity (Wildman–Crippen MR) is 63.3 cm³/mol. The van der Waals surface area contributed by atoms with E-state index >= 15 is 0 Å². The van der Waals surface area contributed by atoms with Gasteiger partial charge in [-0.2, -0.15) is 0 Å². The van der Waals surface area contributed by atoms with Crippen LogP contribution in [-0.2, 0) is 14.6 Å². The van der Waals surface area contributed by atoms with Crippen LogP contribution in [0, 0.1) is 0 Å². The quantitative estimate of drug-likeness (QED) is 0.672. The maximum atomic E-state index is 11.5. The molecule has 0 aliphatic carbocycles. The van der Waals surface area contributed by atoms with E-state index in [0.29, 0.717) is 6.54 Å². The summed E-state index contributed by atoms with van der Waals surface area (Å²) in [4.78, 5) is 13.6. The Morgan fingerprint density at radius 3 is 2.50 bits per heavy atom. The fourth-order valence-electron chi connectivity index (χ4n) is 1.61. The van der Waals surface area contributed by atoms with E-state index in [-0.39, 0.29) is 23.7 Å². The SMILES string of the molecule is CCS(=O)(=O)CCC(=O)CN1CCNCC1. The molecule has 1 rings (SSSR count). The highest BCUT2D eigenvalue weighted by Gasteiger charge is 2.15. The van der Waals surface area contributed by atoms with Gasteiger partial charge in [-0.15, -0.1) is 0 Å². The Hall–Kier alpha value is -0.460. The van der Waals surface area contributed by atoms with Crippen LogP contribution in [0.2, 0.25) is 0 Å². The number of rotatable bonds is 6. The third-order valence-electron chi connectivity index (χ3n) is 2.74. The highest BCUT2D eigenvalue weighted by molar-refractivity contribution is 7.91. The number of carbonyl (C=O) groups excluding carboxylic acids is 1. The molecule has 1 saturated heterocycles. The largest absolute Gasteiger partial charge is 0.314 e. The van der Waals surface area contributed by atoms with Crippen molar-refractivity contribution in [1.29, 1.82) is 0 Å². The van der Waals surface area contributed by atoms with Gasteiger partial charge in [0.1, 0.15) is 15.6 Å². The third-order valence-corrected chi connectivity index (χ3v) is 4.45. The van der Waals surface area contributed by atoms with Crippen molar-refractivity contribution in [1.82, 2.24) is 10.2 Å². The lowest BCUT2D eigenvalue weighted by atomic mass is 10.2. The molecule has 0 aromatic heterocycles. The van der Waals surface area contributed by atoms with E-state index in [9.17, 15) is 13.2 Å². The van der Waals surface area contributed by atoms with Crippen LogP contribution in [0.1, 0.15) is 13.3 Å². The summed E-state index contributed by atoms with van der Waals surface area (Å²) in [6.45, 7) is 5.54. The average Bonchev–Trinajstić information content (AvgIpc) is 2.28. The molecule has 6 heteroatoms. The average molecular weight is 248 g/mol. The summed E-state index contributed by atoms with van der Waals surface area (Å²) in [5.41, 5.74) is 0. The van der Waals surface area contributed by atoms with Gasteiger partial charge < -0.3 is 5.32 Å². The molecule has 5 nitrogen and oxygen atoms in total. The van der Waals surface area contributed by atoms with E-state index < -0.39 is 9.84 Å². The van der Waals surface area contributed by atoms with Gasteiger partial charge in [0.15, 0.2) is 0 Å². The van der Waals surface area contributed by atoms with Gasteiger partial charge >= 0.3 is 0 Å². The Morgan fingerprint density at radius 2 is 1.94 bits per heavy atom. The van der Waals surface area contributed by atoms with Crippen LogP contribution in [0.25, 0.3) is 0 Å². The molecule has 0 spiro atoms. The molecule has 94 valence electrons. The van der Waals surface area contributed by atoms with Gasteiger partial charge in [-0.25, -0.2) is 8.42 Å². The molecule has 1 fully saturated rings. The number of nitrogens with one attached hydrogen (secondary N) is 1. The summed E-state index contributed by atoms with van der Waals surface area (Å²) < 4.78 is 22.4. The normalized spacial score (nSPS) is 18.6. The van der Waals surface area contributed by atoms with Gasteiger partial charge in [-0.3, -0.25) is 9.69 Å². The zero-order chi connectivity index (χ0) is 12.0. The summed E-state index contributed by atoms with van der Waals surface area (Å²) >= 11 is 0. The topological polar surface area (TPSA) is 66.5 Å². The zero-order valence-corrected chi connectivity index (χ0v) is 10.6. The van der Waals surface area contributed by atoms with Crippen molar-refractivity contribution in [3.8, 4) is 0 Å². The molecule has 0 aromatic carbocycles. The summed E-state index contributed by atoms with van der Waals surface area (Å²) in [7, 11) is -3.01. The van der Waals surface area contributed by atoms with Crippen LogP contribution < -0.4 is 5.32 Å². The summed E-state index contributed by atoms with van der Waals surface area (Å²) in [6, 6.07) is 0. The Kier molecular flexibility index (Phi) is 5.37. The van der Waals surface area contributed by atoms with Crippen molar-refractivity contribution in [3.05, 3.63) is 0 Å². The van der Waals surface area contributed by atoms with Crippen molar-refractivity contribution < 1.29 is 13.2 Å². The second kappa shape index (κ2) is 6.32. The van der Waals surface area contributed by atoms with Gasteiger partial charge in [0.2, 0.25) is 0 Å². The van der Waals surface area contributed by atoms with Crippen molar-refractivity contribution in [3.63, 3.8) is 0 Å². The van der Waals surface area contributed by atoms with E-state index in [1.54, 1.807) is 6.92 Å². The van der Waals surface area contributed by atoms with Gasteiger partial charge in [-0.05, 0) is 0 Å². The van der Waals surface area contributed by atoms with Crippen LogP contribution in [0.4, 0.5) is 0 Å². The van der Waals surface area contributed by atoms with E-state index in [0.717, 1.165) is 26.2 Å². The molecule has 0 atom stereocenters. The first-order chi connectivity index (χ1) is 7.53. The number of hydrogen-bond donors (Lipinski definition) is 1. The molecule has 16 heavy (non-hydrogen) atoms. The van der Waals surface area contributed by atoms with Crippen molar-refractivity contribution in [2.24, 2.45) is 0 Å². The number of nitrogens with zero attached hydrogens (tertiary/aromatic N) is 1. The maximum absolute atomic E-state index is 11.5. The monoisotopic (exact) mass is 248 g/mol. The number of hydrogen-bond acceptors (Lipinski definition) is 5. The lowest BCUT2D eigenvalue weighted by Gasteiger charge is -2.26. The van der Waals surface area contributed by atoms with Crippen LogP contribution in [-0.4, -0.2) is 63.3 Å². The second-order valence-electron chi connectivity index (χ2n) is 4.05. The number of piperazine rings is 1. The van der Waals surface area contributed by atoms with E-state index in [1.165, 1.54) is 0 Å². The maximum Gasteiger partial charge on any atom is 0.150 e. The summed E-state index contributed by atoms with van der Waals surface area (Å²) in [6.07, 6.45) is 0.153. The Labute approximate surface area is 97.1 Å². The standard InChI is InChI=1S/C10H20N2O3S/c1-2-16(14,15)8-3-10(13)9-12-6-4-11-5-7-12/h11H,2-9H2,1H3. The Bertz CT molecular complexity index is 321. The molecule has 0 bridgehead atoms. The number of ketones is 1. The van der Waals surface area contributed by atoms with E-state index in [1.807, 2.05) is 0 Å². The smallest absolute Gasteiger partial charge is 0.150 e. The van der Waals surface area contributed by atoms with Crippen molar-refractivity contribution in [2.45, 2.75) is 13.3 Å². The first kappa shape index (κ1) is 13.6. The molecular formula is C10H20N2O3S. The third kappa shape index (κ3) is 5.05. The van der Waals surface area contributed by atoms with E-state index in [4.69, 9.17) is 0 Å². The summed E-state index contributed by atoms with van der Waals surface area (Å²) in [5.74, 6) is 0.140. The highest BCUT2D eigenvalue weighted by atomic mass is 32.2. The molecule has 1 heterocycles. The minimum atomic E-state index is -3.01. The van der Waals surface area contributed by atoms with Gasteiger partial charge in [0, 0.05) is 38.4 Å². The molecule has 0 amide bonds. The van der Waals surface area contributed by atoms with E-state index in [2.05, 4.69) is 10.2 Å². The number of Topliss-reactive ketones (excluding diaryl/α,β-unsaturated/α-hetero) is 1. The molecule has 0 radical (unpaired) electrons. The first-order valence-electron chi connectivity index (χ1n) is 5.68. The van der Waals surface area contributed by atoms with Crippen molar-refractivity contribution >= 4 is 15.6 Å². The lowest BCUT2D eigenvalue weighted by molar-refractivity contribution is -0.119. The molecule has 0 saturated carbocycles. The molecule has 0 unspecified atom stereocenters. The Balaban J connectivity index is 2.25. The molecule has 0 aromatic rings. The number of carbonyl (C=O) groups is 1. The van der Waals surface area contributed by atoms with Crippen LogP contribution in [0.15, 0.2) is 0 Å². The highest BCUT2D eigenvalue weighted by Crippen LogP contribution is 1.98. The molecule has 1 aliphatic rings. The minimum absolute atomic E-state index is 0.00553. The van der Waals surface area contributed by atoms with Gasteiger partial charge in [0.25, 0.3) is 0 Å². The lowest BCUT2D eigenvalue weighted by Crippen LogP contribution is -2.45. The fraction of sp³-hybridized carbons (Fsp3) is 0.900. The Morgan fingerprint density at radius 1 is 1.31 bits per heavy atom. The summed E-state index contributed by atoms with van der Waals surface area (Å²) in [5, 5.41) is 3.20. The van der Waals surface area contributed by atoms with Crippen molar-refractivity contribution in [2.75, 3.05) is 44.2 Å². The minimum Gasteiger partial charge on any atom is -0.314 e. The molecular weight excluding hydrogens is 228 g/mol. The second-order valence-corrected chi connectivity index (χ2v) is 6.52. The van der Waals surface area contributed by atoms with Gasteiger partial charge in [-0.1, -0.05) is 6.92 Å².